The van der Waals surface area contributed by atoms with Crippen LogP contribution in [0.3, 0.4) is 0 Å². The molecule has 0 aliphatic carbocycles. The van der Waals surface area contributed by atoms with Gasteiger partial charge in [0.1, 0.15) is 11.4 Å². The molecule has 0 radical (unpaired) electrons. The third kappa shape index (κ3) is 17.1. The van der Waals surface area contributed by atoms with Gasteiger partial charge in [-0.25, -0.2) is 9.97 Å². The number of hydrogen-bond donors (Lipinski definition) is 2. The summed E-state index contributed by atoms with van der Waals surface area (Å²) in [6, 6.07) is 1.82. The van der Waals surface area contributed by atoms with Crippen LogP contribution in [0.5, 0.6) is 0 Å². The summed E-state index contributed by atoms with van der Waals surface area (Å²) in [5.74, 6) is 1.74. The van der Waals surface area contributed by atoms with Gasteiger partial charge in [-0.2, -0.15) is 0 Å². The number of anilines is 1. The molecule has 1 rings (SSSR count). The van der Waals surface area contributed by atoms with Gasteiger partial charge in [0.2, 0.25) is 0 Å². The van der Waals surface area contributed by atoms with Crippen LogP contribution in [0.1, 0.15) is 60.3 Å². The Bertz CT molecular complexity index is 586. The first-order valence-electron chi connectivity index (χ1n) is 9.46. The summed E-state index contributed by atoms with van der Waals surface area (Å²) in [4.78, 5) is 32.7. The second-order valence-electron chi connectivity index (χ2n) is 7.77. The average molecular weight is 448 g/mol. The molecule has 11 heteroatoms. The van der Waals surface area contributed by atoms with Crippen LogP contribution in [0.2, 0.25) is 0 Å². The van der Waals surface area contributed by atoms with Crippen molar-refractivity contribution in [2.75, 3.05) is 24.2 Å². The highest BCUT2D eigenvalue weighted by Gasteiger charge is 2.19. The lowest BCUT2D eigenvalue weighted by Gasteiger charge is -2.20. The average Bonchev–Trinajstić information content (AvgIpc) is 2.63. The number of unbranched alkanes of at least 4 members (excludes halogenated alkanes) is 3. The third-order valence-corrected chi connectivity index (χ3v) is 4.87. The zero-order valence-corrected chi connectivity index (χ0v) is 19.5. The Balaban J connectivity index is 0.000000956. The smallest absolute Gasteiger partial charge is 0.189 e. The van der Waals surface area contributed by atoms with Crippen molar-refractivity contribution in [1.82, 2.24) is 9.97 Å². The minimum absolute atomic E-state index is 0.271. The number of hydrogen-bond acceptors (Lipinski definition) is 11. The minimum atomic E-state index is -0.429. The number of nitrogens with one attached hydrogen (secondary N) is 1. The number of thioether (sulfide) groups is 1. The number of nitrogens with zero attached hydrogens (tertiary/aromatic N) is 4. The molecule has 0 fully saturated rings. The van der Waals surface area contributed by atoms with Crippen LogP contribution in [0, 0.1) is 9.81 Å². The van der Waals surface area contributed by atoms with E-state index < -0.39 is 5.60 Å². The van der Waals surface area contributed by atoms with E-state index >= 15 is 0 Å². The molecule has 0 atom stereocenters. The van der Waals surface area contributed by atoms with Crippen molar-refractivity contribution in [3.8, 4) is 0 Å². The van der Waals surface area contributed by atoms with Crippen molar-refractivity contribution < 1.29 is 9.94 Å². The maximum atomic E-state index is 10.3. The highest BCUT2D eigenvalue weighted by molar-refractivity contribution is 7.99. The lowest BCUT2D eigenvalue weighted by Crippen LogP contribution is -2.26. The Hall–Kier alpha value is -1.46. The van der Waals surface area contributed by atoms with Crippen LogP contribution >= 0.6 is 23.7 Å². The predicted molar refractivity (Wildman–Crippen MR) is 121 cm³/mol. The Morgan fingerprint density at radius 3 is 2.38 bits per heavy atom. The van der Waals surface area contributed by atoms with Gasteiger partial charge in [0.05, 0.1) is 4.75 Å². The van der Waals surface area contributed by atoms with Crippen molar-refractivity contribution in [2.45, 2.75) is 75.8 Å². The van der Waals surface area contributed by atoms with Gasteiger partial charge in [0, 0.05) is 41.6 Å². The van der Waals surface area contributed by atoms with Crippen LogP contribution in [-0.4, -0.2) is 44.3 Å². The zero-order valence-electron chi connectivity index (χ0n) is 17.9. The molecule has 0 bridgehead atoms. The van der Waals surface area contributed by atoms with E-state index in [1.54, 1.807) is 38.7 Å². The Kier molecular flexibility index (Phi) is 14.6. The van der Waals surface area contributed by atoms with Gasteiger partial charge < -0.3 is 15.3 Å². The fraction of sp³-hybridized carbons (Fsp3) is 0.778. The van der Waals surface area contributed by atoms with Crippen LogP contribution in [0.25, 0.3) is 0 Å². The zero-order chi connectivity index (χ0) is 22.2. The lowest BCUT2D eigenvalue weighted by molar-refractivity contribution is -0.00229. The van der Waals surface area contributed by atoms with E-state index in [1.807, 2.05) is 19.9 Å². The molecule has 0 saturated heterocycles. The summed E-state index contributed by atoms with van der Waals surface area (Å²) in [6.07, 6.45) is 5.90. The van der Waals surface area contributed by atoms with Gasteiger partial charge in [-0.3, -0.25) is 0 Å². The van der Waals surface area contributed by atoms with Gasteiger partial charge in [-0.15, -0.1) is 9.81 Å². The molecule has 29 heavy (non-hydrogen) atoms. The Morgan fingerprint density at radius 2 is 1.83 bits per heavy atom. The first-order chi connectivity index (χ1) is 13.6. The molecular weight excluding hydrogens is 414 g/mol. The normalized spacial score (nSPS) is 11.2. The van der Waals surface area contributed by atoms with Gasteiger partial charge in [-0.05, 0) is 53.5 Å². The van der Waals surface area contributed by atoms with Crippen LogP contribution < -0.4 is 5.32 Å². The Labute approximate surface area is 181 Å². The van der Waals surface area contributed by atoms with E-state index in [1.165, 1.54) is 0 Å². The SMILES string of the molecule is CC(C)(C)ON=O.CC(C)(CNc1ccnc(SCCCCCCO)n1)SN=O. The lowest BCUT2D eigenvalue weighted by atomic mass is 10.2. The van der Waals surface area contributed by atoms with Gasteiger partial charge in [-0.1, -0.05) is 24.6 Å². The third-order valence-electron chi connectivity index (χ3n) is 3.21. The summed E-state index contributed by atoms with van der Waals surface area (Å²) < 4.78 is 2.61. The molecule has 0 aliphatic heterocycles. The van der Waals surface area contributed by atoms with Crippen molar-refractivity contribution >= 4 is 29.5 Å². The monoisotopic (exact) mass is 447 g/mol. The van der Waals surface area contributed by atoms with E-state index in [4.69, 9.17) is 5.11 Å². The quantitative estimate of drug-likeness (QED) is 0.105. The number of aromatic nitrogens is 2. The maximum absolute atomic E-state index is 10.3. The standard InChI is InChI=1S/C14H24N4O2S2.C4H9NO2/c1-14(2,22-18-20)11-16-12-7-8-15-13(17-12)21-10-6-4-3-5-9-19;1-4(2,3)7-5-6/h7-8,19H,3-6,9-11H2,1-2H3,(H,15,16,17);1-3H3. The Morgan fingerprint density at radius 1 is 1.14 bits per heavy atom. The molecule has 0 saturated carbocycles. The summed E-state index contributed by atoms with van der Waals surface area (Å²) in [6.45, 7) is 10.1. The molecule has 0 aromatic carbocycles. The minimum Gasteiger partial charge on any atom is -0.396 e. The fourth-order valence-corrected chi connectivity index (χ4v) is 2.96. The van der Waals surface area contributed by atoms with E-state index in [-0.39, 0.29) is 11.4 Å². The van der Waals surface area contributed by atoms with Crippen LogP contribution in [0.15, 0.2) is 27.3 Å². The predicted octanol–water partition coefficient (Wildman–Crippen LogP) is 5.21. The van der Waals surface area contributed by atoms with E-state index in [2.05, 4.69) is 30.0 Å². The van der Waals surface area contributed by atoms with Crippen molar-refractivity contribution in [3.05, 3.63) is 22.1 Å². The number of aliphatic hydroxyl groups excluding tert-OH is 1. The van der Waals surface area contributed by atoms with Crippen molar-refractivity contribution in [2.24, 2.45) is 9.92 Å². The largest absolute Gasteiger partial charge is 0.396 e. The van der Waals surface area contributed by atoms with E-state index in [9.17, 15) is 9.81 Å². The molecule has 0 aliphatic rings. The van der Waals surface area contributed by atoms with Gasteiger partial charge >= 0.3 is 0 Å². The van der Waals surface area contributed by atoms with Crippen molar-refractivity contribution in [1.29, 1.82) is 0 Å². The number of aliphatic hydroxyl groups is 1. The molecule has 2 N–H and O–H groups in total. The molecule has 0 unspecified atom stereocenters. The van der Waals surface area contributed by atoms with Gasteiger partial charge in [0.15, 0.2) is 10.5 Å². The molecular formula is C18H33N5O4S2. The fourth-order valence-electron chi connectivity index (χ4n) is 1.79. The summed E-state index contributed by atoms with van der Waals surface area (Å²) in [7, 11) is 0. The molecule has 0 spiro atoms. The van der Waals surface area contributed by atoms with Crippen LogP contribution in [0.4, 0.5) is 5.82 Å². The molecule has 1 aromatic rings. The molecule has 166 valence electrons. The molecule has 1 aromatic heterocycles. The molecule has 1 heterocycles. The second-order valence-corrected chi connectivity index (χ2v) is 10.3. The van der Waals surface area contributed by atoms with Crippen molar-refractivity contribution in [3.63, 3.8) is 0 Å². The maximum Gasteiger partial charge on any atom is 0.189 e. The second kappa shape index (κ2) is 15.4. The number of rotatable bonds is 13. The van der Waals surface area contributed by atoms with E-state index in [0.717, 1.165) is 54.4 Å². The molecule has 0 amide bonds. The summed E-state index contributed by atoms with van der Waals surface area (Å²) >= 11 is 2.66. The molecule has 9 nitrogen and oxygen atoms in total. The highest BCUT2D eigenvalue weighted by atomic mass is 32.2. The first kappa shape index (κ1) is 27.5. The summed E-state index contributed by atoms with van der Waals surface area (Å²) in [5.41, 5.74) is -0.429. The highest BCUT2D eigenvalue weighted by Crippen LogP contribution is 2.25. The first-order valence-corrected chi connectivity index (χ1v) is 11.2. The van der Waals surface area contributed by atoms with E-state index in [0.29, 0.717) is 6.54 Å². The van der Waals surface area contributed by atoms with Gasteiger partial charge in [0.25, 0.3) is 0 Å². The number of nitroso groups, excluding NO2 is 1. The summed E-state index contributed by atoms with van der Waals surface area (Å²) in [5, 5.41) is 14.9. The van der Waals surface area contributed by atoms with Crippen LogP contribution in [-0.2, 0) is 4.84 Å². The topological polar surface area (TPSA) is 126 Å².